The maximum atomic E-state index is 11.6. The molecular weight excluding hydrogens is 306 g/mol. The van der Waals surface area contributed by atoms with Crippen LogP contribution in [-0.4, -0.2) is 43.7 Å². The van der Waals surface area contributed by atoms with E-state index in [1.165, 1.54) is 9.87 Å². The third-order valence-corrected chi connectivity index (χ3v) is 5.19. The van der Waals surface area contributed by atoms with Gasteiger partial charge in [-0.1, -0.05) is 17.7 Å². The highest BCUT2D eigenvalue weighted by molar-refractivity contribution is 7.89. The van der Waals surface area contributed by atoms with Crippen LogP contribution in [0.2, 0.25) is 0 Å². The van der Waals surface area contributed by atoms with Crippen molar-refractivity contribution < 1.29 is 8.42 Å². The van der Waals surface area contributed by atoms with Gasteiger partial charge in [0.1, 0.15) is 0 Å². The van der Waals surface area contributed by atoms with Crippen molar-refractivity contribution in [3.8, 4) is 0 Å². The van der Waals surface area contributed by atoms with Crippen molar-refractivity contribution in [3.63, 3.8) is 0 Å². The van der Waals surface area contributed by atoms with E-state index in [4.69, 9.17) is 12.2 Å². The fourth-order valence-corrected chi connectivity index (χ4v) is 2.74. The summed E-state index contributed by atoms with van der Waals surface area (Å²) in [5.41, 5.74) is 2.13. The maximum Gasteiger partial charge on any atom is 0.213 e. The number of sulfonamides is 1. The van der Waals surface area contributed by atoms with Gasteiger partial charge >= 0.3 is 0 Å². The van der Waals surface area contributed by atoms with Crippen LogP contribution in [0.5, 0.6) is 0 Å². The lowest BCUT2D eigenvalue weighted by Gasteiger charge is -2.16. The van der Waals surface area contributed by atoms with Crippen LogP contribution in [0.1, 0.15) is 18.9 Å². The highest BCUT2D eigenvalue weighted by atomic mass is 32.2. The Morgan fingerprint density at radius 2 is 1.90 bits per heavy atom. The van der Waals surface area contributed by atoms with Crippen molar-refractivity contribution in [1.82, 2.24) is 9.62 Å². The second-order valence-corrected chi connectivity index (χ2v) is 7.60. The molecule has 1 aromatic rings. The van der Waals surface area contributed by atoms with Gasteiger partial charge in [0.25, 0.3) is 0 Å². The number of anilines is 1. The van der Waals surface area contributed by atoms with Crippen LogP contribution in [0.15, 0.2) is 24.3 Å². The van der Waals surface area contributed by atoms with Crippen molar-refractivity contribution in [1.29, 1.82) is 0 Å². The van der Waals surface area contributed by atoms with Gasteiger partial charge < -0.3 is 10.6 Å². The lowest BCUT2D eigenvalue weighted by atomic mass is 10.2. The molecule has 0 atom stereocenters. The second-order valence-electron chi connectivity index (χ2n) is 4.82. The van der Waals surface area contributed by atoms with Crippen molar-refractivity contribution in [2.75, 3.05) is 31.2 Å². The minimum absolute atomic E-state index is 0.129. The Bertz CT molecular complexity index is 556. The molecule has 0 aromatic heterocycles. The lowest BCUT2D eigenvalue weighted by Crippen LogP contribution is -2.33. The molecular formula is C14H23N3O2S2. The summed E-state index contributed by atoms with van der Waals surface area (Å²) in [6.45, 7) is 4.78. The number of nitrogens with one attached hydrogen (secondary N) is 2. The smallest absolute Gasteiger partial charge is 0.213 e. The molecule has 0 radical (unpaired) electrons. The summed E-state index contributed by atoms with van der Waals surface area (Å²) in [5.74, 6) is 0.129. The summed E-state index contributed by atoms with van der Waals surface area (Å²) in [6.07, 6.45) is 0.700. The van der Waals surface area contributed by atoms with Crippen LogP contribution in [-0.2, 0) is 10.0 Å². The molecule has 21 heavy (non-hydrogen) atoms. The topological polar surface area (TPSA) is 61.4 Å². The third kappa shape index (κ3) is 6.41. The summed E-state index contributed by atoms with van der Waals surface area (Å²) < 4.78 is 24.5. The molecule has 1 aromatic carbocycles. The second kappa shape index (κ2) is 8.31. The summed E-state index contributed by atoms with van der Waals surface area (Å²) in [4.78, 5) is 0. The highest BCUT2D eigenvalue weighted by Gasteiger charge is 2.13. The fourth-order valence-electron chi connectivity index (χ4n) is 1.68. The summed E-state index contributed by atoms with van der Waals surface area (Å²) >= 11 is 5.19. The fraction of sp³-hybridized carbons (Fsp3) is 0.500. The maximum absolute atomic E-state index is 11.6. The molecule has 1 rings (SSSR count). The van der Waals surface area contributed by atoms with Crippen LogP contribution in [0.3, 0.4) is 0 Å². The largest absolute Gasteiger partial charge is 0.362 e. The molecule has 0 saturated carbocycles. The standard InChI is InChI=1S/C14H23N3O2S2/c1-4-21(18,19)17(3)11-5-10-15-14(20)16-13-8-6-12(2)7-9-13/h6-9H,4-5,10-11H2,1-3H3,(H2,15,16,20). The van der Waals surface area contributed by atoms with E-state index >= 15 is 0 Å². The first-order chi connectivity index (χ1) is 9.85. The van der Waals surface area contributed by atoms with Gasteiger partial charge in [-0.3, -0.25) is 0 Å². The van der Waals surface area contributed by atoms with Crippen molar-refractivity contribution >= 4 is 33.0 Å². The van der Waals surface area contributed by atoms with Gasteiger partial charge in [0.05, 0.1) is 5.75 Å². The Morgan fingerprint density at radius 1 is 1.29 bits per heavy atom. The quantitative estimate of drug-likeness (QED) is 0.591. The number of hydrogen-bond acceptors (Lipinski definition) is 3. The van der Waals surface area contributed by atoms with E-state index in [0.717, 1.165) is 5.69 Å². The van der Waals surface area contributed by atoms with Crippen LogP contribution in [0, 0.1) is 6.92 Å². The van der Waals surface area contributed by atoms with E-state index in [1.807, 2.05) is 31.2 Å². The Balaban J connectivity index is 2.27. The third-order valence-electron chi connectivity index (χ3n) is 3.08. The summed E-state index contributed by atoms with van der Waals surface area (Å²) in [7, 11) is -1.50. The molecule has 0 aliphatic heterocycles. The van der Waals surface area contributed by atoms with Crippen molar-refractivity contribution in [3.05, 3.63) is 29.8 Å². The Kier molecular flexibility index (Phi) is 7.07. The van der Waals surface area contributed by atoms with Gasteiger partial charge in [-0.05, 0) is 44.6 Å². The first kappa shape index (κ1) is 17.9. The molecule has 0 amide bonds. The van der Waals surface area contributed by atoms with Gasteiger partial charge in [0.2, 0.25) is 10.0 Å². The van der Waals surface area contributed by atoms with Crippen LogP contribution in [0.4, 0.5) is 5.69 Å². The molecule has 0 aliphatic carbocycles. The molecule has 118 valence electrons. The van der Waals surface area contributed by atoms with E-state index in [2.05, 4.69) is 10.6 Å². The first-order valence-corrected chi connectivity index (χ1v) is 8.92. The monoisotopic (exact) mass is 329 g/mol. The van der Waals surface area contributed by atoms with Crippen molar-refractivity contribution in [2.24, 2.45) is 0 Å². The molecule has 0 unspecified atom stereocenters. The lowest BCUT2D eigenvalue weighted by molar-refractivity contribution is 0.462. The van der Waals surface area contributed by atoms with Crippen LogP contribution < -0.4 is 10.6 Å². The van der Waals surface area contributed by atoms with Crippen LogP contribution >= 0.6 is 12.2 Å². The molecule has 0 aliphatic rings. The van der Waals surface area contributed by atoms with E-state index in [0.29, 0.717) is 24.6 Å². The van der Waals surface area contributed by atoms with Crippen molar-refractivity contribution in [2.45, 2.75) is 20.3 Å². The van der Waals surface area contributed by atoms with Gasteiger partial charge in [0.15, 0.2) is 5.11 Å². The van der Waals surface area contributed by atoms with Gasteiger partial charge in [-0.15, -0.1) is 0 Å². The number of thiocarbonyl (C=S) groups is 1. The van der Waals surface area contributed by atoms with Gasteiger partial charge in [0, 0.05) is 25.8 Å². The van der Waals surface area contributed by atoms with E-state index in [-0.39, 0.29) is 5.75 Å². The number of aryl methyl sites for hydroxylation is 1. The van der Waals surface area contributed by atoms with E-state index in [9.17, 15) is 8.42 Å². The number of rotatable bonds is 7. The highest BCUT2D eigenvalue weighted by Crippen LogP contribution is 2.08. The molecule has 5 nitrogen and oxygen atoms in total. The Labute approximate surface area is 132 Å². The Morgan fingerprint density at radius 3 is 2.48 bits per heavy atom. The SMILES string of the molecule is CCS(=O)(=O)N(C)CCCNC(=S)Nc1ccc(C)cc1. The average Bonchev–Trinajstić information content (AvgIpc) is 2.45. The first-order valence-electron chi connectivity index (χ1n) is 6.90. The minimum Gasteiger partial charge on any atom is -0.362 e. The molecule has 7 heteroatoms. The van der Waals surface area contributed by atoms with E-state index < -0.39 is 10.0 Å². The van der Waals surface area contributed by atoms with Gasteiger partial charge in [-0.2, -0.15) is 0 Å². The normalized spacial score (nSPS) is 11.4. The number of nitrogens with zero attached hydrogens (tertiary/aromatic N) is 1. The molecule has 0 fully saturated rings. The zero-order chi connectivity index (χ0) is 15.9. The predicted molar refractivity (Wildman–Crippen MR) is 92.1 cm³/mol. The summed E-state index contributed by atoms with van der Waals surface area (Å²) in [5, 5.41) is 6.70. The predicted octanol–water partition coefficient (Wildman–Crippen LogP) is 1.95. The molecule has 2 N–H and O–H groups in total. The minimum atomic E-state index is -3.09. The summed E-state index contributed by atoms with van der Waals surface area (Å²) in [6, 6.07) is 7.95. The number of benzene rings is 1. The molecule has 0 bridgehead atoms. The number of hydrogen-bond donors (Lipinski definition) is 2. The zero-order valence-corrected chi connectivity index (χ0v) is 14.4. The van der Waals surface area contributed by atoms with Crippen LogP contribution in [0.25, 0.3) is 0 Å². The molecule has 0 saturated heterocycles. The molecule has 0 spiro atoms. The Hall–Kier alpha value is -1.18. The average molecular weight is 329 g/mol. The van der Waals surface area contributed by atoms with Gasteiger partial charge in [-0.25, -0.2) is 12.7 Å². The molecule has 0 heterocycles. The zero-order valence-electron chi connectivity index (χ0n) is 12.7. The van der Waals surface area contributed by atoms with E-state index in [1.54, 1.807) is 14.0 Å².